The van der Waals surface area contributed by atoms with Gasteiger partial charge in [0.25, 0.3) is 0 Å². The summed E-state index contributed by atoms with van der Waals surface area (Å²) in [5, 5.41) is 7.67. The highest BCUT2D eigenvalue weighted by molar-refractivity contribution is 6.30. The SMILES string of the molecule is CCNC(=NCc1ncccc1C)NC1CCN(c2cccc(Cl)c2)C1. The van der Waals surface area contributed by atoms with Crippen molar-refractivity contribution in [2.45, 2.75) is 32.9 Å². The van der Waals surface area contributed by atoms with Crippen LogP contribution >= 0.6 is 11.6 Å². The van der Waals surface area contributed by atoms with E-state index in [1.807, 2.05) is 30.5 Å². The number of nitrogens with one attached hydrogen (secondary N) is 2. The lowest BCUT2D eigenvalue weighted by molar-refractivity contribution is 0.648. The molecule has 1 aliphatic rings. The molecule has 2 heterocycles. The standard InChI is InChI=1S/C20H26ClN5/c1-3-22-20(24-13-19-15(2)6-5-10-23-19)25-17-9-11-26(14-17)18-8-4-7-16(21)12-18/h4-8,10,12,17H,3,9,11,13-14H2,1-2H3,(H2,22,24,25). The van der Waals surface area contributed by atoms with E-state index < -0.39 is 0 Å². The molecule has 1 saturated heterocycles. The van der Waals surface area contributed by atoms with Crippen molar-refractivity contribution < 1.29 is 0 Å². The Labute approximate surface area is 160 Å². The van der Waals surface area contributed by atoms with Crippen molar-refractivity contribution in [3.05, 3.63) is 58.9 Å². The van der Waals surface area contributed by atoms with E-state index in [9.17, 15) is 0 Å². The highest BCUT2D eigenvalue weighted by Gasteiger charge is 2.23. The average molecular weight is 372 g/mol. The van der Waals surface area contributed by atoms with Gasteiger partial charge in [0.05, 0.1) is 12.2 Å². The number of guanidine groups is 1. The maximum absolute atomic E-state index is 6.12. The third-order valence-corrected chi connectivity index (χ3v) is 4.79. The number of anilines is 1. The Morgan fingerprint density at radius 2 is 2.23 bits per heavy atom. The molecule has 0 spiro atoms. The highest BCUT2D eigenvalue weighted by Crippen LogP contribution is 2.23. The van der Waals surface area contributed by atoms with Gasteiger partial charge in [-0.25, -0.2) is 4.99 Å². The van der Waals surface area contributed by atoms with E-state index in [-0.39, 0.29) is 0 Å². The maximum Gasteiger partial charge on any atom is 0.191 e. The molecule has 26 heavy (non-hydrogen) atoms. The Morgan fingerprint density at radius 3 is 3.00 bits per heavy atom. The number of aromatic nitrogens is 1. The minimum Gasteiger partial charge on any atom is -0.369 e. The second kappa shape index (κ2) is 8.90. The number of rotatable bonds is 5. The molecule has 1 aliphatic heterocycles. The summed E-state index contributed by atoms with van der Waals surface area (Å²) in [6.45, 7) is 7.50. The topological polar surface area (TPSA) is 52.6 Å². The first-order chi connectivity index (χ1) is 12.7. The molecule has 0 aliphatic carbocycles. The molecule has 0 saturated carbocycles. The van der Waals surface area contributed by atoms with Gasteiger partial charge in [-0.1, -0.05) is 23.7 Å². The lowest BCUT2D eigenvalue weighted by Gasteiger charge is -2.20. The minimum atomic E-state index is 0.358. The molecule has 2 N–H and O–H groups in total. The second-order valence-electron chi connectivity index (χ2n) is 6.52. The molecule has 1 unspecified atom stereocenters. The molecule has 0 amide bonds. The van der Waals surface area contributed by atoms with Crippen molar-refractivity contribution in [1.82, 2.24) is 15.6 Å². The Balaban J connectivity index is 1.61. The molecule has 1 atom stereocenters. The second-order valence-corrected chi connectivity index (χ2v) is 6.95. The molecule has 2 aromatic rings. The largest absolute Gasteiger partial charge is 0.369 e. The van der Waals surface area contributed by atoms with Crippen LogP contribution in [0.3, 0.4) is 0 Å². The van der Waals surface area contributed by atoms with Crippen molar-refractivity contribution in [1.29, 1.82) is 0 Å². The molecule has 1 aromatic carbocycles. The van der Waals surface area contributed by atoms with Crippen LogP contribution in [-0.4, -0.2) is 36.6 Å². The number of aliphatic imine (C=N–C) groups is 1. The third kappa shape index (κ3) is 4.88. The van der Waals surface area contributed by atoms with Gasteiger partial charge in [-0.15, -0.1) is 0 Å². The van der Waals surface area contributed by atoms with Crippen LogP contribution in [0.5, 0.6) is 0 Å². The van der Waals surface area contributed by atoms with Crippen LogP contribution in [0.25, 0.3) is 0 Å². The average Bonchev–Trinajstić information content (AvgIpc) is 3.10. The van der Waals surface area contributed by atoms with Crippen LogP contribution < -0.4 is 15.5 Å². The molecule has 1 fully saturated rings. The van der Waals surface area contributed by atoms with Gasteiger partial charge >= 0.3 is 0 Å². The molecule has 138 valence electrons. The van der Waals surface area contributed by atoms with Gasteiger partial charge in [-0.05, 0) is 50.1 Å². The quantitative estimate of drug-likeness (QED) is 0.625. The Bertz CT molecular complexity index is 761. The van der Waals surface area contributed by atoms with Gasteiger partial charge in [-0.2, -0.15) is 0 Å². The van der Waals surface area contributed by atoms with Gasteiger partial charge in [0.1, 0.15) is 0 Å². The zero-order valence-electron chi connectivity index (χ0n) is 15.4. The van der Waals surface area contributed by atoms with Crippen molar-refractivity contribution in [2.24, 2.45) is 4.99 Å². The molecule has 3 rings (SSSR count). The number of hydrogen-bond acceptors (Lipinski definition) is 3. The fraction of sp³-hybridized carbons (Fsp3) is 0.400. The smallest absolute Gasteiger partial charge is 0.191 e. The van der Waals surface area contributed by atoms with Crippen molar-refractivity contribution in [3.8, 4) is 0 Å². The van der Waals surface area contributed by atoms with Gasteiger partial charge in [0.2, 0.25) is 0 Å². The normalized spacial score (nSPS) is 17.4. The number of hydrogen-bond donors (Lipinski definition) is 2. The van der Waals surface area contributed by atoms with E-state index in [2.05, 4.69) is 46.5 Å². The lowest BCUT2D eigenvalue weighted by atomic mass is 10.2. The number of nitrogens with zero attached hydrogens (tertiary/aromatic N) is 3. The number of halogens is 1. The molecule has 0 radical (unpaired) electrons. The van der Waals surface area contributed by atoms with Gasteiger partial charge in [0, 0.05) is 42.6 Å². The number of aryl methyl sites for hydroxylation is 1. The molecule has 5 nitrogen and oxygen atoms in total. The first-order valence-corrected chi connectivity index (χ1v) is 9.49. The Hall–Kier alpha value is -2.27. The van der Waals surface area contributed by atoms with Gasteiger partial charge in [0.15, 0.2) is 5.96 Å². The first-order valence-electron chi connectivity index (χ1n) is 9.11. The summed E-state index contributed by atoms with van der Waals surface area (Å²) < 4.78 is 0. The van der Waals surface area contributed by atoms with E-state index in [0.717, 1.165) is 42.7 Å². The summed E-state index contributed by atoms with van der Waals surface area (Å²) in [6.07, 6.45) is 2.89. The number of pyridine rings is 1. The maximum atomic E-state index is 6.12. The monoisotopic (exact) mass is 371 g/mol. The summed E-state index contributed by atoms with van der Waals surface area (Å²) in [5.74, 6) is 0.843. The van der Waals surface area contributed by atoms with E-state index >= 15 is 0 Å². The van der Waals surface area contributed by atoms with E-state index in [1.165, 1.54) is 11.3 Å². The van der Waals surface area contributed by atoms with Crippen molar-refractivity contribution in [2.75, 3.05) is 24.5 Å². The minimum absolute atomic E-state index is 0.358. The number of benzene rings is 1. The van der Waals surface area contributed by atoms with Gasteiger partial charge < -0.3 is 15.5 Å². The van der Waals surface area contributed by atoms with E-state index in [4.69, 9.17) is 16.6 Å². The van der Waals surface area contributed by atoms with Crippen LogP contribution in [0, 0.1) is 6.92 Å². The van der Waals surface area contributed by atoms with Crippen LogP contribution in [0.2, 0.25) is 5.02 Å². The van der Waals surface area contributed by atoms with Crippen molar-refractivity contribution in [3.63, 3.8) is 0 Å². The summed E-state index contributed by atoms with van der Waals surface area (Å²) in [5.41, 5.74) is 3.35. The van der Waals surface area contributed by atoms with Crippen LogP contribution in [-0.2, 0) is 6.54 Å². The first kappa shape index (κ1) is 18.5. The van der Waals surface area contributed by atoms with E-state index in [1.54, 1.807) is 0 Å². The third-order valence-electron chi connectivity index (χ3n) is 4.55. The Kier molecular flexibility index (Phi) is 6.34. The fourth-order valence-corrected chi connectivity index (χ4v) is 3.32. The molecule has 0 bridgehead atoms. The van der Waals surface area contributed by atoms with Crippen LogP contribution in [0.1, 0.15) is 24.6 Å². The fourth-order valence-electron chi connectivity index (χ4n) is 3.14. The zero-order chi connectivity index (χ0) is 18.4. The highest BCUT2D eigenvalue weighted by atomic mass is 35.5. The molecule has 1 aromatic heterocycles. The van der Waals surface area contributed by atoms with Crippen LogP contribution in [0.15, 0.2) is 47.6 Å². The zero-order valence-corrected chi connectivity index (χ0v) is 16.1. The predicted molar refractivity (Wildman–Crippen MR) is 109 cm³/mol. The van der Waals surface area contributed by atoms with E-state index in [0.29, 0.717) is 12.6 Å². The van der Waals surface area contributed by atoms with Crippen molar-refractivity contribution >= 4 is 23.2 Å². The molecular formula is C20H26ClN5. The summed E-state index contributed by atoms with van der Waals surface area (Å²) in [6, 6.07) is 12.4. The molecular weight excluding hydrogens is 346 g/mol. The molecule has 6 heteroatoms. The lowest BCUT2D eigenvalue weighted by Crippen LogP contribution is -2.44. The Morgan fingerprint density at radius 1 is 1.35 bits per heavy atom. The summed E-state index contributed by atoms with van der Waals surface area (Å²) in [7, 11) is 0. The predicted octanol–water partition coefficient (Wildman–Crippen LogP) is 3.38. The summed E-state index contributed by atoms with van der Waals surface area (Å²) >= 11 is 6.12. The van der Waals surface area contributed by atoms with Crippen LogP contribution in [0.4, 0.5) is 5.69 Å². The summed E-state index contributed by atoms with van der Waals surface area (Å²) in [4.78, 5) is 11.5. The van der Waals surface area contributed by atoms with Gasteiger partial charge in [-0.3, -0.25) is 4.98 Å².